The number of hydrogen-bond donors (Lipinski definition) is 1. The first-order valence-electron chi connectivity index (χ1n) is 6.47. The molecule has 0 radical (unpaired) electrons. The van der Waals surface area contributed by atoms with Gasteiger partial charge in [0.05, 0.1) is 0 Å². The van der Waals surface area contributed by atoms with E-state index in [2.05, 4.69) is 44.3 Å². The lowest BCUT2D eigenvalue weighted by Gasteiger charge is -2.24. The normalized spacial score (nSPS) is 13.7. The molecule has 0 rings (SSSR count). The molecule has 1 atom stereocenters. The quantitative estimate of drug-likeness (QED) is 0.597. The van der Waals surface area contributed by atoms with E-state index in [1.807, 2.05) is 11.8 Å². The van der Waals surface area contributed by atoms with Crippen molar-refractivity contribution >= 4 is 11.8 Å². The lowest BCUT2D eigenvalue weighted by molar-refractivity contribution is 0.277. The SMILES string of the molecule is CSCC(C)N(C)CCNCCCC(C)C. The molecule has 0 aliphatic carbocycles. The minimum atomic E-state index is 0.687. The van der Waals surface area contributed by atoms with Crippen LogP contribution in [0, 0.1) is 5.92 Å². The summed E-state index contributed by atoms with van der Waals surface area (Å²) in [6.07, 6.45) is 4.82. The highest BCUT2D eigenvalue weighted by Crippen LogP contribution is 2.03. The highest BCUT2D eigenvalue weighted by atomic mass is 32.2. The molecule has 0 aromatic rings. The Morgan fingerprint density at radius 2 is 1.88 bits per heavy atom. The van der Waals surface area contributed by atoms with E-state index in [-0.39, 0.29) is 0 Å². The van der Waals surface area contributed by atoms with Crippen molar-refractivity contribution in [3.05, 3.63) is 0 Å². The molecule has 0 bridgehead atoms. The molecule has 3 heteroatoms. The number of hydrogen-bond acceptors (Lipinski definition) is 3. The highest BCUT2D eigenvalue weighted by Gasteiger charge is 2.06. The molecule has 0 saturated heterocycles. The highest BCUT2D eigenvalue weighted by molar-refractivity contribution is 7.98. The third kappa shape index (κ3) is 9.49. The Morgan fingerprint density at radius 1 is 1.19 bits per heavy atom. The first-order chi connectivity index (χ1) is 7.57. The second kappa shape index (κ2) is 10.4. The van der Waals surface area contributed by atoms with E-state index in [0.717, 1.165) is 19.0 Å². The summed E-state index contributed by atoms with van der Waals surface area (Å²) >= 11 is 1.93. The Kier molecular flexibility index (Phi) is 10.6. The van der Waals surface area contributed by atoms with Gasteiger partial charge in [-0.05, 0) is 45.5 Å². The molecule has 0 aromatic carbocycles. The number of thioether (sulfide) groups is 1. The molecule has 0 fully saturated rings. The summed E-state index contributed by atoms with van der Waals surface area (Å²) in [7, 11) is 2.22. The van der Waals surface area contributed by atoms with Gasteiger partial charge in [-0.2, -0.15) is 11.8 Å². The van der Waals surface area contributed by atoms with Crippen LogP contribution in [0.2, 0.25) is 0 Å². The van der Waals surface area contributed by atoms with Gasteiger partial charge in [0.15, 0.2) is 0 Å². The van der Waals surface area contributed by atoms with Crippen LogP contribution in [0.1, 0.15) is 33.6 Å². The fourth-order valence-electron chi connectivity index (χ4n) is 1.60. The van der Waals surface area contributed by atoms with Crippen LogP contribution in [0.25, 0.3) is 0 Å². The van der Waals surface area contributed by atoms with E-state index in [9.17, 15) is 0 Å². The number of nitrogens with one attached hydrogen (secondary N) is 1. The van der Waals surface area contributed by atoms with Gasteiger partial charge in [-0.3, -0.25) is 0 Å². The molecular weight excluding hydrogens is 216 g/mol. The Morgan fingerprint density at radius 3 is 2.44 bits per heavy atom. The van der Waals surface area contributed by atoms with Crippen LogP contribution in [-0.2, 0) is 0 Å². The first kappa shape index (κ1) is 16.3. The van der Waals surface area contributed by atoms with Gasteiger partial charge >= 0.3 is 0 Å². The predicted molar refractivity (Wildman–Crippen MR) is 77.4 cm³/mol. The molecular formula is C13H30N2S. The van der Waals surface area contributed by atoms with Crippen LogP contribution in [0.3, 0.4) is 0 Å². The Balaban J connectivity index is 3.30. The minimum Gasteiger partial charge on any atom is -0.315 e. The third-order valence-electron chi connectivity index (χ3n) is 2.94. The van der Waals surface area contributed by atoms with E-state index >= 15 is 0 Å². The molecule has 0 aromatic heterocycles. The molecule has 0 aliphatic heterocycles. The summed E-state index contributed by atoms with van der Waals surface area (Å²) < 4.78 is 0. The molecule has 16 heavy (non-hydrogen) atoms. The molecule has 1 N–H and O–H groups in total. The van der Waals surface area contributed by atoms with Crippen LogP contribution in [0.4, 0.5) is 0 Å². The van der Waals surface area contributed by atoms with Gasteiger partial charge in [0, 0.05) is 24.9 Å². The van der Waals surface area contributed by atoms with Crippen molar-refractivity contribution in [2.75, 3.05) is 38.7 Å². The fourth-order valence-corrected chi connectivity index (χ4v) is 2.34. The molecule has 0 amide bonds. The van der Waals surface area contributed by atoms with Crippen LogP contribution < -0.4 is 5.32 Å². The Hall–Kier alpha value is 0.270. The van der Waals surface area contributed by atoms with Crippen molar-refractivity contribution in [2.24, 2.45) is 5.92 Å². The Labute approximate surface area is 107 Å². The second-order valence-corrected chi connectivity index (χ2v) is 5.98. The lowest BCUT2D eigenvalue weighted by atomic mass is 10.1. The smallest absolute Gasteiger partial charge is 0.0155 e. The Bertz CT molecular complexity index is 151. The standard InChI is InChI=1S/C13H30N2S/c1-12(2)7-6-8-14-9-10-15(4)13(3)11-16-5/h12-14H,6-11H2,1-5H3. The molecule has 0 heterocycles. The fraction of sp³-hybridized carbons (Fsp3) is 1.00. The summed E-state index contributed by atoms with van der Waals surface area (Å²) in [5.41, 5.74) is 0. The maximum Gasteiger partial charge on any atom is 0.0155 e. The van der Waals surface area contributed by atoms with Crippen LogP contribution in [-0.4, -0.2) is 49.6 Å². The largest absolute Gasteiger partial charge is 0.315 e. The van der Waals surface area contributed by atoms with Gasteiger partial charge in [0.25, 0.3) is 0 Å². The second-order valence-electron chi connectivity index (χ2n) is 5.07. The van der Waals surface area contributed by atoms with Gasteiger partial charge in [-0.1, -0.05) is 13.8 Å². The van der Waals surface area contributed by atoms with Crippen molar-refractivity contribution in [1.82, 2.24) is 10.2 Å². The maximum atomic E-state index is 3.52. The van der Waals surface area contributed by atoms with Gasteiger partial charge in [-0.25, -0.2) is 0 Å². The number of nitrogens with zero attached hydrogens (tertiary/aromatic N) is 1. The summed E-state index contributed by atoms with van der Waals surface area (Å²) in [6, 6.07) is 0.687. The van der Waals surface area contributed by atoms with E-state index in [0.29, 0.717) is 6.04 Å². The number of likely N-dealkylation sites (N-methyl/N-ethyl adjacent to an activating group) is 1. The number of rotatable bonds is 10. The van der Waals surface area contributed by atoms with Gasteiger partial charge in [0.1, 0.15) is 0 Å². The zero-order valence-electron chi connectivity index (χ0n) is 11.8. The van der Waals surface area contributed by atoms with E-state index < -0.39 is 0 Å². The summed E-state index contributed by atoms with van der Waals surface area (Å²) in [6.45, 7) is 10.3. The van der Waals surface area contributed by atoms with Gasteiger partial charge in [-0.15, -0.1) is 0 Å². The van der Waals surface area contributed by atoms with Gasteiger partial charge in [0.2, 0.25) is 0 Å². The zero-order valence-corrected chi connectivity index (χ0v) is 12.6. The average Bonchev–Trinajstić information content (AvgIpc) is 2.22. The monoisotopic (exact) mass is 246 g/mol. The average molecular weight is 246 g/mol. The van der Waals surface area contributed by atoms with Crippen LogP contribution in [0.15, 0.2) is 0 Å². The molecule has 0 aliphatic rings. The summed E-state index contributed by atoms with van der Waals surface area (Å²) in [4.78, 5) is 2.44. The van der Waals surface area contributed by atoms with Crippen molar-refractivity contribution < 1.29 is 0 Å². The molecule has 2 nitrogen and oxygen atoms in total. The van der Waals surface area contributed by atoms with E-state index in [1.54, 1.807) is 0 Å². The maximum absolute atomic E-state index is 3.52. The van der Waals surface area contributed by atoms with Crippen molar-refractivity contribution in [3.63, 3.8) is 0 Å². The van der Waals surface area contributed by atoms with Crippen LogP contribution in [0.5, 0.6) is 0 Å². The minimum absolute atomic E-state index is 0.687. The molecule has 1 unspecified atom stereocenters. The molecule has 0 spiro atoms. The van der Waals surface area contributed by atoms with Crippen LogP contribution >= 0.6 is 11.8 Å². The molecule has 98 valence electrons. The summed E-state index contributed by atoms with van der Waals surface area (Å²) in [5, 5.41) is 3.52. The van der Waals surface area contributed by atoms with E-state index in [1.165, 1.54) is 25.1 Å². The zero-order chi connectivity index (χ0) is 12.4. The topological polar surface area (TPSA) is 15.3 Å². The van der Waals surface area contributed by atoms with Crippen molar-refractivity contribution in [1.29, 1.82) is 0 Å². The third-order valence-corrected chi connectivity index (χ3v) is 3.75. The van der Waals surface area contributed by atoms with Gasteiger partial charge < -0.3 is 10.2 Å². The molecule has 0 saturated carbocycles. The first-order valence-corrected chi connectivity index (χ1v) is 7.87. The van der Waals surface area contributed by atoms with Crippen molar-refractivity contribution in [2.45, 2.75) is 39.7 Å². The lowest BCUT2D eigenvalue weighted by Crippen LogP contribution is -2.36. The predicted octanol–water partition coefficient (Wildman–Crippen LogP) is 2.70. The van der Waals surface area contributed by atoms with E-state index in [4.69, 9.17) is 0 Å². The van der Waals surface area contributed by atoms with Crippen molar-refractivity contribution in [3.8, 4) is 0 Å². The summed E-state index contributed by atoms with van der Waals surface area (Å²) in [5.74, 6) is 2.06.